The number of hydrogen-bond donors (Lipinski definition) is 1. The lowest BCUT2D eigenvalue weighted by Gasteiger charge is -2.22. The van der Waals surface area contributed by atoms with Gasteiger partial charge in [-0.1, -0.05) is 25.1 Å². The van der Waals surface area contributed by atoms with E-state index in [9.17, 15) is 4.79 Å². The number of likely N-dealkylation sites (tertiary alicyclic amines) is 1. The molecule has 0 radical (unpaired) electrons. The molecule has 23 heavy (non-hydrogen) atoms. The van der Waals surface area contributed by atoms with Crippen LogP contribution in [0.1, 0.15) is 35.9 Å². The zero-order valence-corrected chi connectivity index (χ0v) is 13.8. The number of nitrogens with zero attached hydrogens (tertiary/aromatic N) is 3. The number of carbonyl (C=O) groups is 1. The summed E-state index contributed by atoms with van der Waals surface area (Å²) < 4.78 is 1.72. The molecule has 1 amide bonds. The van der Waals surface area contributed by atoms with E-state index in [4.69, 9.17) is 0 Å². The molecule has 1 aromatic heterocycles. The van der Waals surface area contributed by atoms with Gasteiger partial charge in [-0.2, -0.15) is 5.10 Å². The minimum absolute atomic E-state index is 0.0580. The Morgan fingerprint density at radius 1 is 1.35 bits per heavy atom. The summed E-state index contributed by atoms with van der Waals surface area (Å²) in [5.74, 6) is -0.0580. The summed E-state index contributed by atoms with van der Waals surface area (Å²) in [6.45, 7) is 6.96. The molecule has 0 saturated carbocycles. The third-order valence-corrected chi connectivity index (χ3v) is 4.47. The summed E-state index contributed by atoms with van der Waals surface area (Å²) in [5, 5.41) is 7.55. The molecule has 5 heteroatoms. The molecule has 1 atom stereocenters. The second-order valence-electron chi connectivity index (χ2n) is 6.05. The van der Waals surface area contributed by atoms with Gasteiger partial charge in [-0.3, -0.25) is 9.69 Å². The van der Waals surface area contributed by atoms with E-state index in [-0.39, 0.29) is 5.91 Å². The van der Waals surface area contributed by atoms with Gasteiger partial charge in [0.15, 0.2) is 0 Å². The smallest absolute Gasteiger partial charge is 0.270 e. The number of aryl methyl sites for hydroxylation is 1. The first-order valence-corrected chi connectivity index (χ1v) is 8.33. The van der Waals surface area contributed by atoms with Gasteiger partial charge in [0.1, 0.15) is 5.69 Å². The fraction of sp³-hybridized carbons (Fsp3) is 0.444. The highest BCUT2D eigenvalue weighted by Crippen LogP contribution is 2.16. The van der Waals surface area contributed by atoms with Gasteiger partial charge in [-0.05, 0) is 51.1 Å². The van der Waals surface area contributed by atoms with Gasteiger partial charge in [0.2, 0.25) is 0 Å². The third kappa shape index (κ3) is 3.45. The molecule has 5 nitrogen and oxygen atoms in total. The van der Waals surface area contributed by atoms with Gasteiger partial charge in [0.05, 0.1) is 11.4 Å². The van der Waals surface area contributed by atoms with Crippen LogP contribution in [0.15, 0.2) is 36.4 Å². The minimum Gasteiger partial charge on any atom is -0.349 e. The monoisotopic (exact) mass is 312 g/mol. The number of carbonyl (C=O) groups excluding carboxylic acids is 1. The maximum absolute atomic E-state index is 12.6. The lowest BCUT2D eigenvalue weighted by Crippen LogP contribution is -2.40. The molecule has 0 bridgehead atoms. The van der Waals surface area contributed by atoms with E-state index in [1.54, 1.807) is 4.68 Å². The Morgan fingerprint density at radius 3 is 2.87 bits per heavy atom. The largest absolute Gasteiger partial charge is 0.349 e. The molecule has 1 saturated heterocycles. The molecule has 1 unspecified atom stereocenters. The number of para-hydroxylation sites is 1. The van der Waals surface area contributed by atoms with Crippen LogP contribution in [-0.4, -0.2) is 46.3 Å². The van der Waals surface area contributed by atoms with Crippen molar-refractivity contribution >= 4 is 5.91 Å². The third-order valence-electron chi connectivity index (χ3n) is 4.47. The second kappa shape index (κ2) is 6.96. The van der Waals surface area contributed by atoms with Crippen molar-refractivity contribution in [3.05, 3.63) is 47.8 Å². The maximum atomic E-state index is 12.6. The highest BCUT2D eigenvalue weighted by Gasteiger charge is 2.24. The van der Waals surface area contributed by atoms with Gasteiger partial charge in [-0.15, -0.1) is 0 Å². The van der Waals surface area contributed by atoms with Gasteiger partial charge >= 0.3 is 0 Å². The van der Waals surface area contributed by atoms with E-state index in [1.807, 2.05) is 43.3 Å². The van der Waals surface area contributed by atoms with Crippen molar-refractivity contribution in [1.29, 1.82) is 0 Å². The van der Waals surface area contributed by atoms with Crippen molar-refractivity contribution in [3.8, 4) is 5.69 Å². The zero-order chi connectivity index (χ0) is 16.2. The molecule has 0 spiro atoms. The molecule has 2 heterocycles. The molecule has 1 aliphatic rings. The maximum Gasteiger partial charge on any atom is 0.270 e. The normalized spacial score (nSPS) is 18.3. The summed E-state index contributed by atoms with van der Waals surface area (Å²) in [6.07, 6.45) is 2.38. The van der Waals surface area contributed by atoms with Gasteiger partial charge < -0.3 is 5.32 Å². The number of benzene rings is 1. The van der Waals surface area contributed by atoms with E-state index in [1.165, 1.54) is 6.42 Å². The highest BCUT2D eigenvalue weighted by molar-refractivity contribution is 5.93. The minimum atomic E-state index is -0.0580. The van der Waals surface area contributed by atoms with Crippen molar-refractivity contribution in [1.82, 2.24) is 20.0 Å². The summed E-state index contributed by atoms with van der Waals surface area (Å²) in [5.41, 5.74) is 2.34. The van der Waals surface area contributed by atoms with Crippen LogP contribution in [0.25, 0.3) is 5.69 Å². The van der Waals surface area contributed by atoms with Crippen molar-refractivity contribution < 1.29 is 4.79 Å². The van der Waals surface area contributed by atoms with Gasteiger partial charge in [0.25, 0.3) is 5.91 Å². The number of hydrogen-bond acceptors (Lipinski definition) is 3. The van der Waals surface area contributed by atoms with E-state index in [0.29, 0.717) is 18.3 Å². The zero-order valence-electron chi connectivity index (χ0n) is 13.8. The predicted molar refractivity (Wildman–Crippen MR) is 90.9 cm³/mol. The van der Waals surface area contributed by atoms with E-state index in [0.717, 1.165) is 30.9 Å². The van der Waals surface area contributed by atoms with E-state index in [2.05, 4.69) is 22.2 Å². The van der Waals surface area contributed by atoms with Crippen LogP contribution in [0.4, 0.5) is 0 Å². The molecule has 1 fully saturated rings. The van der Waals surface area contributed by atoms with Crippen LogP contribution in [0, 0.1) is 6.92 Å². The Morgan fingerprint density at radius 2 is 2.13 bits per heavy atom. The Labute approximate surface area is 137 Å². The summed E-state index contributed by atoms with van der Waals surface area (Å²) in [4.78, 5) is 15.0. The van der Waals surface area contributed by atoms with Crippen LogP contribution in [-0.2, 0) is 0 Å². The Hall–Kier alpha value is -2.14. The summed E-state index contributed by atoms with van der Waals surface area (Å²) in [6, 6.07) is 12.1. The van der Waals surface area contributed by atoms with Gasteiger partial charge in [-0.25, -0.2) is 4.68 Å². The highest BCUT2D eigenvalue weighted by atomic mass is 16.2. The second-order valence-corrected chi connectivity index (χ2v) is 6.05. The van der Waals surface area contributed by atoms with Crippen molar-refractivity contribution in [2.24, 2.45) is 0 Å². The number of rotatable bonds is 5. The molecular formula is C18H24N4O. The SMILES string of the molecule is CCN1CCCC1CNC(=O)c1cc(C)nn1-c1ccccc1. The average Bonchev–Trinajstić information content (AvgIpc) is 3.19. The Balaban J connectivity index is 1.73. The molecule has 1 N–H and O–H groups in total. The molecule has 0 aliphatic carbocycles. The lowest BCUT2D eigenvalue weighted by molar-refractivity contribution is 0.0933. The lowest BCUT2D eigenvalue weighted by atomic mass is 10.2. The Kier molecular flexibility index (Phi) is 4.76. The molecule has 1 aliphatic heterocycles. The summed E-state index contributed by atoms with van der Waals surface area (Å²) >= 11 is 0. The van der Waals surface area contributed by atoms with Crippen LogP contribution < -0.4 is 5.32 Å². The molecule has 122 valence electrons. The predicted octanol–water partition coefficient (Wildman–Crippen LogP) is 2.39. The fourth-order valence-electron chi connectivity index (χ4n) is 3.27. The van der Waals surface area contributed by atoms with Crippen LogP contribution in [0.5, 0.6) is 0 Å². The Bertz CT molecular complexity index is 665. The fourth-order valence-corrected chi connectivity index (χ4v) is 3.27. The van der Waals surface area contributed by atoms with Crippen molar-refractivity contribution in [2.45, 2.75) is 32.7 Å². The number of amides is 1. The van der Waals surface area contributed by atoms with Crippen LogP contribution >= 0.6 is 0 Å². The molecule has 1 aromatic carbocycles. The first-order valence-electron chi connectivity index (χ1n) is 8.33. The number of aromatic nitrogens is 2. The number of likely N-dealkylation sites (N-methyl/N-ethyl adjacent to an activating group) is 1. The first-order chi connectivity index (χ1) is 11.2. The quantitative estimate of drug-likeness (QED) is 0.922. The molecule has 2 aromatic rings. The standard InChI is InChI=1S/C18H24N4O/c1-3-21-11-7-10-16(21)13-19-18(23)17-12-14(2)20-22(17)15-8-5-4-6-9-15/h4-6,8-9,12,16H,3,7,10-11,13H2,1-2H3,(H,19,23). The van der Waals surface area contributed by atoms with Crippen LogP contribution in [0.3, 0.4) is 0 Å². The van der Waals surface area contributed by atoms with E-state index < -0.39 is 0 Å². The van der Waals surface area contributed by atoms with Crippen LogP contribution in [0.2, 0.25) is 0 Å². The number of nitrogens with one attached hydrogen (secondary N) is 1. The van der Waals surface area contributed by atoms with Gasteiger partial charge in [0, 0.05) is 12.6 Å². The summed E-state index contributed by atoms with van der Waals surface area (Å²) in [7, 11) is 0. The first kappa shape index (κ1) is 15.7. The average molecular weight is 312 g/mol. The molecular weight excluding hydrogens is 288 g/mol. The van der Waals surface area contributed by atoms with E-state index >= 15 is 0 Å². The van der Waals surface area contributed by atoms with Crippen molar-refractivity contribution in [2.75, 3.05) is 19.6 Å². The topological polar surface area (TPSA) is 50.2 Å². The molecule has 3 rings (SSSR count). The van der Waals surface area contributed by atoms with Crippen molar-refractivity contribution in [3.63, 3.8) is 0 Å².